The van der Waals surface area contributed by atoms with E-state index >= 15 is 0 Å². The van der Waals surface area contributed by atoms with E-state index in [0.717, 1.165) is 16.7 Å². The number of hydrogen-bond donors (Lipinski definition) is 2. The Balaban J connectivity index is 1.81. The number of methoxy groups -OCH3 is 1. The number of aromatic nitrogens is 1. The molecule has 3 rings (SSSR count). The minimum absolute atomic E-state index is 0.0610. The SMILES string of the molecule is COC(=O)C(Cc1cccc(C(=N)N)c1)C(C)C(=O)c1ccc(-c2cc[n+]([O-])cc2)cc1. The zero-order valence-corrected chi connectivity index (χ0v) is 17.9. The van der Waals surface area contributed by atoms with E-state index in [-0.39, 0.29) is 18.0 Å². The maximum Gasteiger partial charge on any atom is 0.309 e. The van der Waals surface area contributed by atoms with Gasteiger partial charge >= 0.3 is 5.97 Å². The van der Waals surface area contributed by atoms with Crippen LogP contribution in [0.25, 0.3) is 11.1 Å². The second-order valence-electron chi connectivity index (χ2n) is 7.62. The van der Waals surface area contributed by atoms with Gasteiger partial charge in [0.25, 0.3) is 0 Å². The zero-order chi connectivity index (χ0) is 23.3. The third kappa shape index (κ3) is 5.18. The third-order valence-corrected chi connectivity index (χ3v) is 5.52. The largest absolute Gasteiger partial charge is 0.619 e. The van der Waals surface area contributed by atoms with Gasteiger partial charge < -0.3 is 15.7 Å². The smallest absolute Gasteiger partial charge is 0.309 e. The van der Waals surface area contributed by atoms with Crippen LogP contribution in [0.2, 0.25) is 0 Å². The van der Waals surface area contributed by atoms with Crippen LogP contribution in [0.5, 0.6) is 0 Å². The van der Waals surface area contributed by atoms with Gasteiger partial charge in [0.2, 0.25) is 0 Å². The molecular weight excluding hydrogens is 406 g/mol. The quantitative estimate of drug-likeness (QED) is 0.142. The number of nitrogen functional groups attached to an aromatic ring is 1. The summed E-state index contributed by atoms with van der Waals surface area (Å²) in [7, 11) is 1.30. The molecule has 7 nitrogen and oxygen atoms in total. The highest BCUT2D eigenvalue weighted by Gasteiger charge is 2.32. The van der Waals surface area contributed by atoms with Crippen LogP contribution in [0, 0.1) is 22.5 Å². The first-order chi connectivity index (χ1) is 15.3. The van der Waals surface area contributed by atoms with Gasteiger partial charge in [0.1, 0.15) is 5.84 Å². The van der Waals surface area contributed by atoms with Crippen LogP contribution in [0.15, 0.2) is 73.1 Å². The first kappa shape index (κ1) is 22.7. The van der Waals surface area contributed by atoms with Gasteiger partial charge in [0.15, 0.2) is 18.2 Å². The highest BCUT2D eigenvalue weighted by atomic mass is 16.5. The van der Waals surface area contributed by atoms with Gasteiger partial charge in [-0.1, -0.05) is 49.4 Å². The molecule has 0 bridgehead atoms. The molecule has 1 aromatic heterocycles. The van der Waals surface area contributed by atoms with Crippen LogP contribution >= 0.6 is 0 Å². The number of Topliss-reactive ketones (excluding diaryl/α,β-unsaturated/α-hetero) is 1. The number of benzene rings is 2. The molecule has 32 heavy (non-hydrogen) atoms. The normalized spacial score (nSPS) is 12.6. The van der Waals surface area contributed by atoms with Gasteiger partial charge in [0, 0.05) is 29.2 Å². The van der Waals surface area contributed by atoms with Crippen LogP contribution in [0.1, 0.15) is 28.4 Å². The minimum Gasteiger partial charge on any atom is -0.619 e. The standard InChI is InChI=1S/C25H25N3O4/c1-16(22(25(30)32-2)15-17-4-3-5-21(14-17)24(26)27)23(29)20-8-6-18(7-9-20)19-10-12-28(31)13-11-19/h3-14,16,22H,15H2,1-2H3,(H3,26,27). The Morgan fingerprint density at radius 3 is 2.25 bits per heavy atom. The lowest BCUT2D eigenvalue weighted by Gasteiger charge is -2.21. The maximum absolute atomic E-state index is 13.2. The third-order valence-electron chi connectivity index (χ3n) is 5.52. The Hall–Kier alpha value is -4.00. The summed E-state index contributed by atoms with van der Waals surface area (Å²) in [5, 5.41) is 18.8. The molecule has 0 radical (unpaired) electrons. The molecule has 0 aliphatic heterocycles. The molecule has 7 heteroatoms. The average molecular weight is 431 g/mol. The molecule has 3 N–H and O–H groups in total. The van der Waals surface area contributed by atoms with E-state index in [1.807, 2.05) is 18.2 Å². The first-order valence-electron chi connectivity index (χ1n) is 10.1. The van der Waals surface area contributed by atoms with E-state index < -0.39 is 17.8 Å². The van der Waals surface area contributed by atoms with Gasteiger partial charge in [0.05, 0.1) is 13.0 Å². The Labute approximate surface area is 186 Å². The van der Waals surface area contributed by atoms with Crippen molar-refractivity contribution in [3.8, 4) is 11.1 Å². The Morgan fingerprint density at radius 2 is 1.66 bits per heavy atom. The van der Waals surface area contributed by atoms with Crippen LogP contribution in [0.4, 0.5) is 0 Å². The van der Waals surface area contributed by atoms with E-state index in [4.69, 9.17) is 15.9 Å². The topological polar surface area (TPSA) is 120 Å². The summed E-state index contributed by atoms with van der Waals surface area (Å²) in [6.07, 6.45) is 3.12. The summed E-state index contributed by atoms with van der Waals surface area (Å²) >= 11 is 0. The number of ketones is 1. The van der Waals surface area contributed by atoms with Crippen LogP contribution in [-0.4, -0.2) is 24.7 Å². The molecule has 0 saturated heterocycles. The van der Waals surface area contributed by atoms with Crippen LogP contribution in [0.3, 0.4) is 0 Å². The van der Waals surface area contributed by atoms with Gasteiger partial charge in [-0.15, -0.1) is 0 Å². The van der Waals surface area contributed by atoms with Crippen molar-refractivity contribution in [1.82, 2.24) is 0 Å². The molecule has 1 heterocycles. The molecule has 0 fully saturated rings. The first-order valence-corrected chi connectivity index (χ1v) is 10.1. The Kier molecular flexibility index (Phi) is 7.00. The van der Waals surface area contributed by atoms with Gasteiger partial charge in [-0.2, -0.15) is 4.73 Å². The molecule has 2 atom stereocenters. The average Bonchev–Trinajstić information content (AvgIpc) is 2.82. The minimum atomic E-state index is -0.684. The number of hydrogen-bond acceptors (Lipinski definition) is 5. The zero-order valence-electron chi connectivity index (χ0n) is 17.9. The summed E-state index contributed by atoms with van der Waals surface area (Å²) in [5.74, 6) is -2.00. The predicted molar refractivity (Wildman–Crippen MR) is 121 cm³/mol. The van der Waals surface area contributed by atoms with Gasteiger partial charge in [-0.3, -0.25) is 15.0 Å². The molecule has 0 saturated carbocycles. The number of rotatable bonds is 8. The highest BCUT2D eigenvalue weighted by molar-refractivity contribution is 6.00. The number of nitrogens with zero attached hydrogens (tertiary/aromatic N) is 1. The summed E-state index contributed by atoms with van der Waals surface area (Å²) < 4.78 is 5.68. The van der Waals surface area contributed by atoms with Gasteiger partial charge in [-0.25, -0.2) is 0 Å². The van der Waals surface area contributed by atoms with Crippen molar-refractivity contribution < 1.29 is 19.1 Å². The Morgan fingerprint density at radius 1 is 1.03 bits per heavy atom. The number of nitrogens with two attached hydrogens (primary N) is 1. The fourth-order valence-corrected chi connectivity index (χ4v) is 3.61. The fraction of sp³-hybridized carbons (Fsp3) is 0.200. The number of amidine groups is 1. The maximum atomic E-state index is 13.2. The molecular formula is C25H25N3O4. The second-order valence-corrected chi connectivity index (χ2v) is 7.62. The predicted octanol–water partition coefficient (Wildman–Crippen LogP) is 3.12. The lowest BCUT2D eigenvalue weighted by Crippen LogP contribution is -2.31. The molecule has 3 aromatic rings. The number of ether oxygens (including phenoxy) is 1. The Bertz CT molecular complexity index is 1120. The van der Waals surface area contributed by atoms with Crippen molar-refractivity contribution in [2.24, 2.45) is 17.6 Å². The number of carbonyl (C=O) groups is 2. The molecule has 0 aliphatic carbocycles. The summed E-state index contributed by atoms with van der Waals surface area (Å²) in [5.41, 5.74) is 9.15. The van der Waals surface area contributed by atoms with Gasteiger partial charge in [-0.05, 0) is 29.2 Å². The number of carbonyl (C=O) groups excluding carboxylic acids is 2. The van der Waals surface area contributed by atoms with Crippen molar-refractivity contribution in [3.05, 3.63) is 95.0 Å². The summed E-state index contributed by atoms with van der Waals surface area (Å²) in [4.78, 5) is 25.7. The van der Waals surface area contributed by atoms with Crippen molar-refractivity contribution >= 4 is 17.6 Å². The van der Waals surface area contributed by atoms with E-state index in [0.29, 0.717) is 15.9 Å². The van der Waals surface area contributed by atoms with E-state index in [1.54, 1.807) is 49.4 Å². The van der Waals surface area contributed by atoms with Crippen molar-refractivity contribution in [1.29, 1.82) is 5.41 Å². The van der Waals surface area contributed by atoms with E-state index in [9.17, 15) is 14.8 Å². The molecule has 0 amide bonds. The lowest BCUT2D eigenvalue weighted by atomic mass is 9.82. The monoisotopic (exact) mass is 431 g/mol. The molecule has 164 valence electrons. The lowest BCUT2D eigenvalue weighted by molar-refractivity contribution is -0.605. The van der Waals surface area contributed by atoms with E-state index in [1.165, 1.54) is 19.5 Å². The van der Waals surface area contributed by atoms with Crippen molar-refractivity contribution in [3.63, 3.8) is 0 Å². The molecule has 0 spiro atoms. The molecule has 2 unspecified atom stereocenters. The van der Waals surface area contributed by atoms with Crippen LogP contribution in [-0.2, 0) is 16.0 Å². The summed E-state index contributed by atoms with van der Waals surface area (Å²) in [6, 6.07) is 17.5. The summed E-state index contributed by atoms with van der Waals surface area (Å²) in [6.45, 7) is 1.72. The van der Waals surface area contributed by atoms with Crippen molar-refractivity contribution in [2.45, 2.75) is 13.3 Å². The van der Waals surface area contributed by atoms with Crippen molar-refractivity contribution in [2.75, 3.05) is 7.11 Å². The molecule has 2 aromatic carbocycles. The number of esters is 1. The molecule has 0 aliphatic rings. The van der Waals surface area contributed by atoms with Crippen LogP contribution < -0.4 is 10.5 Å². The highest BCUT2D eigenvalue weighted by Crippen LogP contribution is 2.25. The van der Waals surface area contributed by atoms with E-state index in [2.05, 4.69) is 0 Å². The number of pyridine rings is 1. The number of nitrogens with one attached hydrogen (secondary N) is 1. The second kappa shape index (κ2) is 9.87. The fourth-order valence-electron chi connectivity index (χ4n) is 3.61.